The molecule has 0 unspecified atom stereocenters. The van der Waals surface area contributed by atoms with Gasteiger partial charge in [0.1, 0.15) is 22.9 Å². The molecule has 7 heteroatoms. The lowest BCUT2D eigenvalue weighted by molar-refractivity contribution is 0.102. The summed E-state index contributed by atoms with van der Waals surface area (Å²) in [6.45, 7) is 1.92. The van der Waals surface area contributed by atoms with Crippen LogP contribution in [0, 0.1) is 6.92 Å². The van der Waals surface area contributed by atoms with Gasteiger partial charge in [-0.05, 0) is 37.3 Å². The Kier molecular flexibility index (Phi) is 4.79. The van der Waals surface area contributed by atoms with Gasteiger partial charge in [0.25, 0.3) is 5.91 Å². The lowest BCUT2D eigenvalue weighted by atomic mass is 10.1. The van der Waals surface area contributed by atoms with Gasteiger partial charge in [-0.25, -0.2) is 0 Å². The van der Waals surface area contributed by atoms with Gasteiger partial charge >= 0.3 is 0 Å². The highest BCUT2D eigenvalue weighted by Gasteiger charge is 2.15. The number of carbonyl (C=O) groups excluding carboxylic acids is 1. The van der Waals surface area contributed by atoms with Crippen LogP contribution in [0.25, 0.3) is 11.3 Å². The fourth-order valence-corrected chi connectivity index (χ4v) is 2.52. The number of rotatable bonds is 5. The summed E-state index contributed by atoms with van der Waals surface area (Å²) < 4.78 is 10.4. The molecule has 3 aromatic rings. The minimum Gasteiger partial charge on any atom is -0.507 e. The van der Waals surface area contributed by atoms with Gasteiger partial charge in [-0.2, -0.15) is 5.10 Å². The van der Waals surface area contributed by atoms with E-state index < -0.39 is 0 Å². The molecule has 0 fully saturated rings. The van der Waals surface area contributed by atoms with Gasteiger partial charge in [0.2, 0.25) is 0 Å². The number of aromatic amines is 1. The van der Waals surface area contributed by atoms with Crippen molar-refractivity contribution in [3.8, 4) is 28.5 Å². The summed E-state index contributed by atoms with van der Waals surface area (Å²) in [6, 6.07) is 11.9. The van der Waals surface area contributed by atoms with E-state index >= 15 is 0 Å². The first-order valence-corrected chi connectivity index (χ1v) is 7.90. The lowest BCUT2D eigenvalue weighted by Crippen LogP contribution is -2.13. The van der Waals surface area contributed by atoms with Crippen molar-refractivity contribution in [1.29, 1.82) is 0 Å². The molecule has 0 saturated carbocycles. The first-order valence-electron chi connectivity index (χ1n) is 7.90. The van der Waals surface area contributed by atoms with E-state index in [0.29, 0.717) is 28.4 Å². The van der Waals surface area contributed by atoms with Gasteiger partial charge in [0.05, 0.1) is 25.6 Å². The minimum atomic E-state index is -0.376. The average molecular weight is 353 g/mol. The number of hydrogen-bond donors (Lipinski definition) is 3. The summed E-state index contributed by atoms with van der Waals surface area (Å²) in [5.74, 6) is 0.831. The van der Waals surface area contributed by atoms with Crippen molar-refractivity contribution in [2.24, 2.45) is 0 Å². The highest BCUT2D eigenvalue weighted by Crippen LogP contribution is 2.31. The molecular weight excluding hydrogens is 334 g/mol. The summed E-state index contributed by atoms with van der Waals surface area (Å²) in [7, 11) is 3.07. The Balaban J connectivity index is 1.84. The molecule has 1 aromatic heterocycles. The molecule has 134 valence electrons. The number of amides is 1. The zero-order valence-corrected chi connectivity index (χ0v) is 14.7. The van der Waals surface area contributed by atoms with Gasteiger partial charge in [0, 0.05) is 11.6 Å². The van der Waals surface area contributed by atoms with Crippen LogP contribution in [0.5, 0.6) is 17.2 Å². The molecule has 0 atom stereocenters. The molecule has 0 aliphatic carbocycles. The second kappa shape index (κ2) is 7.18. The van der Waals surface area contributed by atoms with Crippen molar-refractivity contribution in [2.75, 3.05) is 19.5 Å². The van der Waals surface area contributed by atoms with Crippen molar-refractivity contribution < 1.29 is 19.4 Å². The van der Waals surface area contributed by atoms with Gasteiger partial charge in [-0.3, -0.25) is 9.89 Å². The minimum absolute atomic E-state index is 0.103. The molecule has 0 bridgehead atoms. The van der Waals surface area contributed by atoms with E-state index in [1.165, 1.54) is 7.11 Å². The summed E-state index contributed by atoms with van der Waals surface area (Å²) in [4.78, 5) is 12.5. The number of aromatic nitrogens is 2. The Bertz CT molecular complexity index is 950. The number of carbonyl (C=O) groups is 1. The maximum atomic E-state index is 12.5. The van der Waals surface area contributed by atoms with E-state index in [4.69, 9.17) is 9.47 Å². The number of phenolic OH excluding ortho intramolecular Hbond substituents is 1. The van der Waals surface area contributed by atoms with Crippen molar-refractivity contribution in [1.82, 2.24) is 10.2 Å². The molecule has 0 spiro atoms. The lowest BCUT2D eigenvalue weighted by Gasteiger charge is -2.10. The predicted octanol–water partition coefficient (Wildman–Crippen LogP) is 3.36. The normalized spacial score (nSPS) is 10.4. The summed E-state index contributed by atoms with van der Waals surface area (Å²) >= 11 is 0. The molecule has 0 radical (unpaired) electrons. The molecule has 0 saturated heterocycles. The third-order valence-electron chi connectivity index (χ3n) is 3.91. The number of anilines is 1. The van der Waals surface area contributed by atoms with Crippen LogP contribution in [0.15, 0.2) is 42.5 Å². The van der Waals surface area contributed by atoms with Gasteiger partial charge < -0.3 is 19.9 Å². The first kappa shape index (κ1) is 17.3. The standard InChI is InChI=1S/C19H19N3O4/c1-11-4-7-17(23)13(8-11)15-10-16(22-21-15)19(24)20-14-6-5-12(25-2)9-18(14)26-3/h4-10,23H,1-3H3,(H,20,24)(H,21,22). The second-order valence-electron chi connectivity index (χ2n) is 5.71. The Hall–Kier alpha value is -3.48. The zero-order valence-electron chi connectivity index (χ0n) is 14.7. The van der Waals surface area contributed by atoms with Crippen LogP contribution < -0.4 is 14.8 Å². The first-order chi connectivity index (χ1) is 12.5. The van der Waals surface area contributed by atoms with Crippen LogP contribution in [0.2, 0.25) is 0 Å². The third-order valence-corrected chi connectivity index (χ3v) is 3.91. The van der Waals surface area contributed by atoms with E-state index in [1.54, 1.807) is 49.6 Å². The van der Waals surface area contributed by atoms with Crippen molar-refractivity contribution in [2.45, 2.75) is 6.92 Å². The summed E-state index contributed by atoms with van der Waals surface area (Å²) in [5.41, 5.74) is 2.79. The number of nitrogens with one attached hydrogen (secondary N) is 2. The van der Waals surface area contributed by atoms with Crippen LogP contribution in [-0.4, -0.2) is 35.4 Å². The Morgan fingerprint density at radius 1 is 1.12 bits per heavy atom. The monoisotopic (exact) mass is 353 g/mol. The molecule has 7 nitrogen and oxygen atoms in total. The largest absolute Gasteiger partial charge is 0.507 e. The highest BCUT2D eigenvalue weighted by molar-refractivity contribution is 6.04. The number of phenols is 1. The van der Waals surface area contributed by atoms with E-state index in [9.17, 15) is 9.90 Å². The molecule has 3 N–H and O–H groups in total. The molecule has 1 heterocycles. The molecular formula is C19H19N3O4. The maximum Gasteiger partial charge on any atom is 0.273 e. The van der Waals surface area contributed by atoms with Crippen LogP contribution in [0.4, 0.5) is 5.69 Å². The molecule has 2 aromatic carbocycles. The average Bonchev–Trinajstić information content (AvgIpc) is 3.14. The fraction of sp³-hybridized carbons (Fsp3) is 0.158. The van der Waals surface area contributed by atoms with E-state index in [-0.39, 0.29) is 17.4 Å². The van der Waals surface area contributed by atoms with Gasteiger partial charge in [-0.15, -0.1) is 0 Å². The molecule has 26 heavy (non-hydrogen) atoms. The van der Waals surface area contributed by atoms with Gasteiger partial charge in [-0.1, -0.05) is 11.6 Å². The number of methoxy groups -OCH3 is 2. The quantitative estimate of drug-likeness (QED) is 0.653. The Morgan fingerprint density at radius 2 is 1.92 bits per heavy atom. The third kappa shape index (κ3) is 3.46. The number of hydrogen-bond acceptors (Lipinski definition) is 5. The molecule has 1 amide bonds. The number of aromatic hydroxyl groups is 1. The van der Waals surface area contributed by atoms with Crippen molar-refractivity contribution in [3.05, 3.63) is 53.7 Å². The highest BCUT2D eigenvalue weighted by atomic mass is 16.5. The molecule has 0 aliphatic heterocycles. The number of H-pyrrole nitrogens is 1. The number of benzene rings is 2. The maximum absolute atomic E-state index is 12.5. The van der Waals surface area contributed by atoms with E-state index in [0.717, 1.165) is 5.56 Å². The van der Waals surface area contributed by atoms with Gasteiger partial charge in [0.15, 0.2) is 0 Å². The summed E-state index contributed by atoms with van der Waals surface area (Å²) in [5, 5.41) is 19.6. The van der Waals surface area contributed by atoms with Crippen LogP contribution >= 0.6 is 0 Å². The van der Waals surface area contributed by atoms with E-state index in [1.807, 2.05) is 6.92 Å². The Morgan fingerprint density at radius 3 is 2.65 bits per heavy atom. The zero-order chi connectivity index (χ0) is 18.7. The topological polar surface area (TPSA) is 96.5 Å². The van der Waals surface area contributed by atoms with E-state index in [2.05, 4.69) is 15.5 Å². The van der Waals surface area contributed by atoms with Crippen molar-refractivity contribution >= 4 is 11.6 Å². The molecule has 3 rings (SSSR count). The Labute approximate surface area is 150 Å². The number of aryl methyl sites for hydroxylation is 1. The fourth-order valence-electron chi connectivity index (χ4n) is 2.52. The SMILES string of the molecule is COc1ccc(NC(=O)c2cc(-c3cc(C)ccc3O)n[nH]2)c(OC)c1. The van der Waals surface area contributed by atoms with Crippen molar-refractivity contribution in [3.63, 3.8) is 0 Å². The van der Waals surface area contributed by atoms with Crippen LogP contribution in [-0.2, 0) is 0 Å². The summed E-state index contributed by atoms with van der Waals surface area (Å²) in [6.07, 6.45) is 0. The smallest absolute Gasteiger partial charge is 0.273 e. The second-order valence-corrected chi connectivity index (χ2v) is 5.71. The van der Waals surface area contributed by atoms with Crippen LogP contribution in [0.1, 0.15) is 16.1 Å². The molecule has 0 aliphatic rings. The predicted molar refractivity (Wildman–Crippen MR) is 97.9 cm³/mol. The van der Waals surface area contributed by atoms with Crippen LogP contribution in [0.3, 0.4) is 0 Å². The number of nitrogens with zero attached hydrogens (tertiary/aromatic N) is 1. The number of ether oxygens (including phenoxy) is 2.